The lowest BCUT2D eigenvalue weighted by Crippen LogP contribution is -2.52. The van der Waals surface area contributed by atoms with Crippen molar-refractivity contribution < 1.29 is 38.4 Å². The summed E-state index contributed by atoms with van der Waals surface area (Å²) < 4.78 is 22.3. The maximum Gasteiger partial charge on any atom is 0.415 e. The predicted molar refractivity (Wildman–Crippen MR) is 161 cm³/mol. The molecule has 0 aromatic heterocycles. The zero-order valence-corrected chi connectivity index (χ0v) is 25.7. The minimum Gasteiger partial charge on any atom is -0.505 e. The maximum absolute atomic E-state index is 14.0. The first-order valence-corrected chi connectivity index (χ1v) is 15.4. The van der Waals surface area contributed by atoms with Crippen molar-refractivity contribution in [1.29, 1.82) is 0 Å². The normalized spacial score (nSPS) is 24.8. The van der Waals surface area contributed by atoms with Crippen LogP contribution in [-0.2, 0) is 30.3 Å². The molecule has 5 rings (SSSR count). The number of thioether (sulfide) groups is 1. The van der Waals surface area contributed by atoms with E-state index in [1.54, 1.807) is 12.1 Å². The largest absolute Gasteiger partial charge is 0.505 e. The van der Waals surface area contributed by atoms with Gasteiger partial charge in [-0.2, -0.15) is 0 Å². The second-order valence-corrected chi connectivity index (χ2v) is 13.1. The molecule has 232 valence electrons. The number of methoxy groups -OCH3 is 1. The van der Waals surface area contributed by atoms with E-state index in [0.29, 0.717) is 30.9 Å². The number of hydrogen-bond acceptors (Lipinski definition) is 9. The highest BCUT2D eigenvalue weighted by Gasteiger charge is 2.49. The Morgan fingerprint density at radius 2 is 1.93 bits per heavy atom. The first kappa shape index (κ1) is 31.0. The molecular formula is C31H39N3O8S. The molecule has 2 aromatic rings. The van der Waals surface area contributed by atoms with Gasteiger partial charge >= 0.3 is 6.09 Å². The number of phenolic OH excluding ortho intramolecular Hbond substituents is 1. The monoisotopic (exact) mass is 613 g/mol. The number of ether oxygens (including phenoxy) is 4. The first-order valence-electron chi connectivity index (χ1n) is 14.5. The van der Waals surface area contributed by atoms with Gasteiger partial charge in [-0.15, -0.1) is 11.8 Å². The molecule has 3 N–H and O–H groups in total. The Bertz CT molecular complexity index is 1360. The molecule has 3 aliphatic rings. The van der Waals surface area contributed by atoms with Gasteiger partial charge in [0.25, 0.3) is 0 Å². The van der Waals surface area contributed by atoms with Crippen LogP contribution in [0.15, 0.2) is 42.5 Å². The van der Waals surface area contributed by atoms with E-state index >= 15 is 0 Å². The summed E-state index contributed by atoms with van der Waals surface area (Å²) in [6.45, 7) is 6.40. The molecule has 3 saturated heterocycles. The predicted octanol–water partition coefficient (Wildman–Crippen LogP) is 3.96. The molecule has 11 nitrogen and oxygen atoms in total. The lowest BCUT2D eigenvalue weighted by atomic mass is 9.91. The second-order valence-electron chi connectivity index (χ2n) is 11.5. The van der Waals surface area contributed by atoms with Crippen molar-refractivity contribution in [3.05, 3.63) is 53.6 Å². The van der Waals surface area contributed by atoms with Crippen LogP contribution in [0.4, 0.5) is 10.5 Å². The Hall–Kier alpha value is -3.48. The number of rotatable bonds is 9. The lowest BCUT2D eigenvalue weighted by Gasteiger charge is -2.32. The van der Waals surface area contributed by atoms with Crippen LogP contribution in [0.1, 0.15) is 50.7 Å². The van der Waals surface area contributed by atoms with Crippen molar-refractivity contribution in [2.75, 3.05) is 31.1 Å². The molecule has 0 radical (unpaired) electrons. The molecule has 3 aliphatic heterocycles. The van der Waals surface area contributed by atoms with Crippen molar-refractivity contribution in [3.8, 4) is 11.5 Å². The Morgan fingerprint density at radius 3 is 2.60 bits per heavy atom. The van der Waals surface area contributed by atoms with Crippen LogP contribution in [0, 0.1) is 5.92 Å². The molecule has 43 heavy (non-hydrogen) atoms. The van der Waals surface area contributed by atoms with Gasteiger partial charge in [-0.05, 0) is 38.3 Å². The summed E-state index contributed by atoms with van der Waals surface area (Å²) in [6.07, 6.45) is -0.565. The molecule has 2 aromatic carbocycles. The molecule has 0 unspecified atom stereocenters. The van der Waals surface area contributed by atoms with Crippen molar-refractivity contribution in [2.24, 2.45) is 11.7 Å². The molecule has 3 heterocycles. The van der Waals surface area contributed by atoms with Crippen LogP contribution in [0.3, 0.4) is 0 Å². The fraction of sp³-hybridized carbons (Fsp3) is 0.516. The average Bonchev–Trinajstić information content (AvgIpc) is 3.68. The molecule has 0 bridgehead atoms. The van der Waals surface area contributed by atoms with Gasteiger partial charge in [-0.1, -0.05) is 43.3 Å². The van der Waals surface area contributed by atoms with Crippen LogP contribution in [0.25, 0.3) is 0 Å². The van der Waals surface area contributed by atoms with Crippen molar-refractivity contribution in [1.82, 2.24) is 4.90 Å². The van der Waals surface area contributed by atoms with E-state index < -0.39 is 41.1 Å². The Morgan fingerprint density at radius 1 is 1.19 bits per heavy atom. The van der Waals surface area contributed by atoms with E-state index in [0.717, 1.165) is 5.56 Å². The number of amides is 3. The fourth-order valence-corrected chi connectivity index (χ4v) is 7.35. The number of benzene rings is 2. The number of carbonyl (C=O) groups excluding carboxylic acids is 3. The van der Waals surface area contributed by atoms with Crippen LogP contribution >= 0.6 is 11.8 Å². The Balaban J connectivity index is 1.52. The standard InChI is InChI=1S/C31H39N3O8S/c1-5-19(28(37)34-17-43-31(2,3)26(34)27(32)36)20-11-12-22(39-4)24(25(20)35)33(15-18-9-7-6-8-10-18)30(38)42-23-16-41-29-21(23)13-14-40-29/h6-12,19,21,23,26,29,35H,5,13-17H2,1-4H3,(H2,32,36)/t19-,21-,23+,26+,29-/m0/s1. The average molecular weight is 614 g/mol. The van der Waals surface area contributed by atoms with E-state index in [1.165, 1.54) is 28.7 Å². The van der Waals surface area contributed by atoms with E-state index in [1.807, 2.05) is 51.1 Å². The zero-order chi connectivity index (χ0) is 30.9. The van der Waals surface area contributed by atoms with E-state index in [-0.39, 0.29) is 42.2 Å². The number of nitrogens with two attached hydrogens (primary N) is 1. The maximum atomic E-state index is 14.0. The molecule has 12 heteroatoms. The number of phenols is 1. The highest BCUT2D eigenvalue weighted by molar-refractivity contribution is 8.00. The number of aromatic hydroxyl groups is 1. The van der Waals surface area contributed by atoms with Gasteiger partial charge in [0.15, 0.2) is 6.29 Å². The first-order chi connectivity index (χ1) is 20.6. The number of anilines is 1. The smallest absolute Gasteiger partial charge is 0.415 e. The number of primary amides is 1. The molecule has 3 fully saturated rings. The highest BCUT2D eigenvalue weighted by atomic mass is 32.2. The van der Waals surface area contributed by atoms with Gasteiger partial charge in [0.1, 0.15) is 29.3 Å². The minimum atomic E-state index is -0.810. The summed E-state index contributed by atoms with van der Waals surface area (Å²) in [5, 5.41) is 11.8. The molecule has 3 amide bonds. The van der Waals surface area contributed by atoms with Gasteiger partial charge in [0, 0.05) is 10.3 Å². The summed E-state index contributed by atoms with van der Waals surface area (Å²) in [5.41, 5.74) is 6.91. The number of carbonyl (C=O) groups is 3. The molecule has 0 spiro atoms. The molecular weight excluding hydrogens is 574 g/mol. The van der Waals surface area contributed by atoms with Gasteiger partial charge < -0.3 is 34.7 Å². The summed E-state index contributed by atoms with van der Waals surface area (Å²) >= 11 is 1.47. The van der Waals surface area contributed by atoms with Gasteiger partial charge in [-0.25, -0.2) is 4.79 Å². The summed E-state index contributed by atoms with van der Waals surface area (Å²) in [7, 11) is 1.44. The Kier molecular flexibility index (Phi) is 9.10. The number of fused-ring (bicyclic) bond motifs is 1. The van der Waals surface area contributed by atoms with Gasteiger partial charge in [0.05, 0.1) is 44.6 Å². The Labute approximate surface area is 255 Å². The highest BCUT2D eigenvalue weighted by Crippen LogP contribution is 2.47. The van der Waals surface area contributed by atoms with Crippen molar-refractivity contribution in [3.63, 3.8) is 0 Å². The number of hydrogen-bond donors (Lipinski definition) is 2. The third kappa shape index (κ3) is 6.00. The number of nitrogens with zero attached hydrogens (tertiary/aromatic N) is 2. The van der Waals surface area contributed by atoms with E-state index in [9.17, 15) is 19.5 Å². The molecule has 0 saturated carbocycles. The second kappa shape index (κ2) is 12.6. The zero-order valence-electron chi connectivity index (χ0n) is 24.9. The molecule has 0 aliphatic carbocycles. The minimum absolute atomic E-state index is 0.0661. The van der Waals surface area contributed by atoms with Crippen LogP contribution in [0.2, 0.25) is 0 Å². The summed E-state index contributed by atoms with van der Waals surface area (Å²) in [4.78, 5) is 43.1. The lowest BCUT2D eigenvalue weighted by molar-refractivity contribution is -0.139. The van der Waals surface area contributed by atoms with Crippen LogP contribution in [-0.4, -0.2) is 77.3 Å². The van der Waals surface area contributed by atoms with Gasteiger partial charge in [0.2, 0.25) is 11.8 Å². The van der Waals surface area contributed by atoms with E-state index in [4.69, 9.17) is 24.7 Å². The quantitative estimate of drug-likeness (QED) is 0.430. The molecule has 5 atom stereocenters. The van der Waals surface area contributed by atoms with E-state index in [2.05, 4.69) is 0 Å². The summed E-state index contributed by atoms with van der Waals surface area (Å²) in [6, 6.07) is 11.7. The third-order valence-electron chi connectivity index (χ3n) is 8.46. The van der Waals surface area contributed by atoms with Crippen molar-refractivity contribution >= 4 is 35.4 Å². The fourth-order valence-electron chi connectivity index (χ4n) is 6.20. The van der Waals surface area contributed by atoms with Crippen LogP contribution < -0.4 is 15.4 Å². The summed E-state index contributed by atoms with van der Waals surface area (Å²) in [5.74, 6) is -1.55. The van der Waals surface area contributed by atoms with Crippen molar-refractivity contribution in [2.45, 2.75) is 69.3 Å². The third-order valence-corrected chi connectivity index (χ3v) is 9.83. The van der Waals surface area contributed by atoms with Crippen LogP contribution in [0.5, 0.6) is 11.5 Å². The topological polar surface area (TPSA) is 141 Å². The van der Waals surface area contributed by atoms with Gasteiger partial charge in [-0.3, -0.25) is 14.5 Å². The SMILES string of the molecule is CC[C@H](C(=O)N1CSC(C)(C)[C@H]1C(N)=O)c1ccc(OC)c(N(Cc2ccccc2)C(=O)O[C@@H]2CO[C@@H]3OCC[C@H]32)c1O.